The summed E-state index contributed by atoms with van der Waals surface area (Å²) in [4.78, 5) is 29.0. The second-order valence-corrected chi connectivity index (χ2v) is 7.86. The largest absolute Gasteiger partial charge is 0.493 e. The van der Waals surface area contributed by atoms with Gasteiger partial charge in [0.1, 0.15) is 0 Å². The molecule has 0 amide bonds. The van der Waals surface area contributed by atoms with E-state index >= 15 is 0 Å². The van der Waals surface area contributed by atoms with Gasteiger partial charge in [0, 0.05) is 27.4 Å². The fourth-order valence-electron chi connectivity index (χ4n) is 2.82. The molecule has 0 saturated heterocycles. The maximum absolute atomic E-state index is 12.4. The summed E-state index contributed by atoms with van der Waals surface area (Å²) < 4.78 is 2.02. The number of thiazole rings is 1. The first kappa shape index (κ1) is 17.6. The Bertz CT molecular complexity index is 1160. The van der Waals surface area contributed by atoms with Crippen molar-refractivity contribution in [1.29, 1.82) is 0 Å². The van der Waals surface area contributed by atoms with E-state index < -0.39 is 0 Å². The lowest BCUT2D eigenvalue weighted by Gasteiger charge is -2.04. The van der Waals surface area contributed by atoms with Gasteiger partial charge in [-0.3, -0.25) is 19.1 Å². The SMILES string of the molecule is O=C(Cn1c(O)c(C=C2C=Nc3ccc(Br)cc32)sc1=O)c1ccccc1. The van der Waals surface area contributed by atoms with Gasteiger partial charge < -0.3 is 5.11 Å². The van der Waals surface area contributed by atoms with Crippen LogP contribution < -0.4 is 4.87 Å². The van der Waals surface area contributed by atoms with Crippen molar-refractivity contribution >= 4 is 56.6 Å². The van der Waals surface area contributed by atoms with E-state index in [2.05, 4.69) is 20.9 Å². The van der Waals surface area contributed by atoms with Crippen molar-refractivity contribution in [3.05, 3.63) is 78.7 Å². The van der Waals surface area contributed by atoms with Crippen molar-refractivity contribution in [2.45, 2.75) is 6.54 Å². The summed E-state index contributed by atoms with van der Waals surface area (Å²) in [5.74, 6) is -0.444. The zero-order valence-electron chi connectivity index (χ0n) is 13.9. The molecule has 7 heteroatoms. The van der Waals surface area contributed by atoms with Gasteiger partial charge >= 0.3 is 4.87 Å². The second kappa shape index (κ2) is 7.09. The summed E-state index contributed by atoms with van der Waals surface area (Å²) in [6, 6.07) is 14.4. The fraction of sp³-hybridized carbons (Fsp3) is 0.0500. The van der Waals surface area contributed by atoms with E-state index in [-0.39, 0.29) is 23.1 Å². The van der Waals surface area contributed by atoms with Crippen LogP contribution >= 0.6 is 27.3 Å². The predicted molar refractivity (Wildman–Crippen MR) is 111 cm³/mol. The maximum Gasteiger partial charge on any atom is 0.311 e. The summed E-state index contributed by atoms with van der Waals surface area (Å²) in [6.45, 7) is -0.204. The Balaban J connectivity index is 1.67. The van der Waals surface area contributed by atoms with Crippen LogP contribution in [0.5, 0.6) is 5.88 Å². The Labute approximate surface area is 167 Å². The standard InChI is InChI=1S/C20H13BrN2O3S/c21-14-6-7-16-15(9-14)13(10-22-16)8-18-19(25)23(20(26)27-18)11-17(24)12-4-2-1-3-5-12/h1-10,25H,11H2. The van der Waals surface area contributed by atoms with Gasteiger partial charge in [0.05, 0.1) is 17.1 Å². The van der Waals surface area contributed by atoms with Gasteiger partial charge in [0.15, 0.2) is 5.78 Å². The lowest BCUT2D eigenvalue weighted by Crippen LogP contribution is -2.18. The number of carbonyl (C=O) groups excluding carboxylic acids is 1. The molecule has 1 aliphatic rings. The number of halogens is 1. The molecule has 1 aliphatic heterocycles. The van der Waals surface area contributed by atoms with Crippen LogP contribution in [0, 0.1) is 0 Å². The summed E-state index contributed by atoms with van der Waals surface area (Å²) in [6.07, 6.45) is 3.41. The van der Waals surface area contributed by atoms with Gasteiger partial charge in [-0.15, -0.1) is 0 Å². The summed E-state index contributed by atoms with van der Waals surface area (Å²) >= 11 is 4.34. The van der Waals surface area contributed by atoms with Gasteiger partial charge in [0.2, 0.25) is 5.88 Å². The molecular weight excluding hydrogens is 428 g/mol. The van der Waals surface area contributed by atoms with Crippen molar-refractivity contribution in [1.82, 2.24) is 4.57 Å². The minimum absolute atomic E-state index is 0.204. The number of allylic oxidation sites excluding steroid dienone is 1. The van der Waals surface area contributed by atoms with Gasteiger partial charge in [-0.25, -0.2) is 0 Å². The molecule has 0 saturated carbocycles. The zero-order chi connectivity index (χ0) is 19.0. The van der Waals surface area contributed by atoms with Crippen LogP contribution in [0.2, 0.25) is 0 Å². The molecule has 27 heavy (non-hydrogen) atoms. The Kier molecular flexibility index (Phi) is 4.63. The highest BCUT2D eigenvalue weighted by atomic mass is 79.9. The second-order valence-electron chi connectivity index (χ2n) is 5.95. The lowest BCUT2D eigenvalue weighted by atomic mass is 10.1. The number of rotatable bonds is 4. The molecule has 0 spiro atoms. The van der Waals surface area contributed by atoms with Crippen molar-refractivity contribution in [3.8, 4) is 5.88 Å². The van der Waals surface area contributed by atoms with Gasteiger partial charge in [-0.05, 0) is 24.3 Å². The maximum atomic E-state index is 12.4. The topological polar surface area (TPSA) is 71.7 Å². The lowest BCUT2D eigenvalue weighted by molar-refractivity contribution is 0.0968. The molecule has 1 N–H and O–H groups in total. The van der Waals surface area contributed by atoms with Crippen molar-refractivity contribution in [2.75, 3.05) is 0 Å². The van der Waals surface area contributed by atoms with Crippen LogP contribution in [0.15, 0.2) is 62.8 Å². The summed E-state index contributed by atoms with van der Waals surface area (Å²) in [5.41, 5.74) is 3.03. The van der Waals surface area contributed by atoms with Crippen LogP contribution in [0.4, 0.5) is 5.69 Å². The van der Waals surface area contributed by atoms with E-state index in [0.29, 0.717) is 10.4 Å². The highest BCUT2D eigenvalue weighted by Crippen LogP contribution is 2.36. The highest BCUT2D eigenvalue weighted by molar-refractivity contribution is 9.10. The average molecular weight is 441 g/mol. The first-order valence-electron chi connectivity index (χ1n) is 8.09. The fourth-order valence-corrected chi connectivity index (χ4v) is 4.02. The number of hydrogen-bond donors (Lipinski definition) is 1. The van der Waals surface area contributed by atoms with Crippen molar-refractivity contribution in [3.63, 3.8) is 0 Å². The molecule has 4 rings (SSSR count). The number of carbonyl (C=O) groups is 1. The van der Waals surface area contributed by atoms with E-state index in [1.54, 1.807) is 36.6 Å². The van der Waals surface area contributed by atoms with Crippen LogP contribution in [-0.4, -0.2) is 21.7 Å². The summed E-state index contributed by atoms with van der Waals surface area (Å²) in [7, 11) is 0. The minimum atomic E-state index is -0.381. The van der Waals surface area contributed by atoms with Gasteiger partial charge in [-0.1, -0.05) is 57.6 Å². The molecule has 0 atom stereocenters. The first-order chi connectivity index (χ1) is 13.0. The number of fused-ring (bicyclic) bond motifs is 1. The number of benzene rings is 2. The average Bonchev–Trinajstić information content (AvgIpc) is 3.18. The summed E-state index contributed by atoms with van der Waals surface area (Å²) in [5, 5.41) is 10.5. The smallest absolute Gasteiger partial charge is 0.311 e. The molecule has 0 radical (unpaired) electrons. The predicted octanol–water partition coefficient (Wildman–Crippen LogP) is 4.52. The van der Waals surface area contributed by atoms with Crippen LogP contribution in [0.1, 0.15) is 20.8 Å². The van der Waals surface area contributed by atoms with Crippen LogP contribution in [0.3, 0.4) is 0 Å². The van der Waals surface area contributed by atoms with E-state index in [1.807, 2.05) is 24.3 Å². The molecule has 0 unspecified atom stereocenters. The highest BCUT2D eigenvalue weighted by Gasteiger charge is 2.18. The molecule has 2 aromatic carbocycles. The van der Waals surface area contributed by atoms with Gasteiger partial charge in [0.25, 0.3) is 0 Å². The Morgan fingerprint density at radius 1 is 1.22 bits per heavy atom. The quantitative estimate of drug-likeness (QED) is 0.606. The normalized spacial score (nSPS) is 13.9. The monoisotopic (exact) mass is 440 g/mol. The number of hydrogen-bond acceptors (Lipinski definition) is 5. The molecule has 0 fully saturated rings. The minimum Gasteiger partial charge on any atom is -0.493 e. The zero-order valence-corrected chi connectivity index (χ0v) is 16.3. The first-order valence-corrected chi connectivity index (χ1v) is 9.70. The molecule has 5 nitrogen and oxygen atoms in total. The third kappa shape index (κ3) is 3.43. The third-order valence-electron chi connectivity index (χ3n) is 4.19. The molecule has 0 aliphatic carbocycles. The molecule has 134 valence electrons. The molecule has 3 aromatic rings. The van der Waals surface area contributed by atoms with E-state index in [1.165, 1.54) is 0 Å². The molecule has 0 bridgehead atoms. The number of Topliss-reactive ketones (excluding diaryl/α,β-unsaturated/α-hetero) is 1. The van der Waals surface area contributed by atoms with Crippen LogP contribution in [0.25, 0.3) is 11.6 Å². The number of ketones is 1. The Morgan fingerprint density at radius 3 is 2.78 bits per heavy atom. The number of aromatic nitrogens is 1. The van der Waals surface area contributed by atoms with E-state index in [9.17, 15) is 14.7 Å². The Morgan fingerprint density at radius 2 is 2.00 bits per heavy atom. The molecular formula is C20H13BrN2O3S. The third-order valence-corrected chi connectivity index (χ3v) is 5.60. The number of nitrogens with zero attached hydrogens (tertiary/aromatic N) is 2. The van der Waals surface area contributed by atoms with Crippen LogP contribution in [-0.2, 0) is 6.54 Å². The number of aromatic hydroxyl groups is 1. The Hall–Kier alpha value is -2.77. The van der Waals surface area contributed by atoms with Crippen molar-refractivity contribution in [2.24, 2.45) is 4.99 Å². The number of aliphatic imine (C=N–C) groups is 1. The molecule has 2 heterocycles. The van der Waals surface area contributed by atoms with Gasteiger partial charge in [-0.2, -0.15) is 0 Å². The van der Waals surface area contributed by atoms with E-state index in [0.717, 1.165) is 37.2 Å². The molecule has 1 aromatic heterocycles. The van der Waals surface area contributed by atoms with Crippen molar-refractivity contribution < 1.29 is 9.90 Å². The van der Waals surface area contributed by atoms with E-state index in [4.69, 9.17) is 0 Å².